The van der Waals surface area contributed by atoms with Gasteiger partial charge in [0.25, 0.3) is 5.69 Å². The van der Waals surface area contributed by atoms with Crippen molar-refractivity contribution < 1.29 is 9.66 Å². The zero-order valence-electron chi connectivity index (χ0n) is 11.1. The monoisotopic (exact) mass is 292 g/mol. The lowest BCUT2D eigenvalue weighted by Gasteiger charge is -2.09. The van der Waals surface area contributed by atoms with Crippen molar-refractivity contribution in [3.8, 4) is 5.88 Å². The van der Waals surface area contributed by atoms with Gasteiger partial charge >= 0.3 is 0 Å². The summed E-state index contributed by atoms with van der Waals surface area (Å²) in [4.78, 5) is 14.3. The van der Waals surface area contributed by atoms with Gasteiger partial charge in [0.15, 0.2) is 0 Å². The van der Waals surface area contributed by atoms with Crippen molar-refractivity contribution in [2.75, 3.05) is 0 Å². The van der Waals surface area contributed by atoms with Crippen molar-refractivity contribution in [3.63, 3.8) is 0 Å². The van der Waals surface area contributed by atoms with Crippen LogP contribution >= 0.6 is 11.6 Å². The Morgan fingerprint density at radius 1 is 1.35 bits per heavy atom. The molecular formula is C14H13ClN2O3. The Morgan fingerprint density at radius 3 is 2.70 bits per heavy atom. The fraction of sp³-hybridized carbons (Fsp3) is 0.214. The van der Waals surface area contributed by atoms with Crippen LogP contribution in [0.25, 0.3) is 0 Å². The number of nitrogens with zero attached hydrogens (tertiary/aromatic N) is 2. The molecule has 0 aliphatic heterocycles. The molecule has 104 valence electrons. The summed E-state index contributed by atoms with van der Waals surface area (Å²) in [5.74, 6) is 0.206. The quantitative estimate of drug-likeness (QED) is 0.634. The number of benzene rings is 1. The van der Waals surface area contributed by atoms with E-state index in [4.69, 9.17) is 16.3 Å². The van der Waals surface area contributed by atoms with Crippen LogP contribution in [0.1, 0.15) is 16.8 Å². The maximum Gasteiger partial charge on any atom is 0.292 e. The lowest BCUT2D eigenvalue weighted by Crippen LogP contribution is -2.02. The Labute approximate surface area is 121 Å². The van der Waals surface area contributed by atoms with Crippen molar-refractivity contribution in [3.05, 3.63) is 62.3 Å². The fourth-order valence-electron chi connectivity index (χ4n) is 1.75. The van der Waals surface area contributed by atoms with E-state index in [1.807, 2.05) is 31.2 Å². The summed E-state index contributed by atoms with van der Waals surface area (Å²) in [5, 5.41) is 10.9. The second-order valence-corrected chi connectivity index (χ2v) is 4.76. The standard InChI is InChI=1S/C14H13ClN2O3/c1-9-5-3-4-6-11(9)8-20-14-12(15)7-13(17(18)19)10(2)16-14/h3-7H,8H2,1-2H3. The predicted molar refractivity (Wildman–Crippen MR) is 76.1 cm³/mol. The molecule has 0 saturated heterocycles. The Hall–Kier alpha value is -2.14. The minimum Gasteiger partial charge on any atom is -0.472 e. The highest BCUT2D eigenvalue weighted by atomic mass is 35.5. The van der Waals surface area contributed by atoms with Gasteiger partial charge in [0, 0.05) is 6.07 Å². The van der Waals surface area contributed by atoms with Gasteiger partial charge < -0.3 is 4.74 Å². The third-order valence-electron chi connectivity index (χ3n) is 2.93. The Kier molecular flexibility index (Phi) is 4.20. The first-order valence-electron chi connectivity index (χ1n) is 5.98. The number of ether oxygens (including phenoxy) is 1. The van der Waals surface area contributed by atoms with Crippen molar-refractivity contribution >= 4 is 17.3 Å². The normalized spacial score (nSPS) is 10.3. The van der Waals surface area contributed by atoms with Crippen LogP contribution in [0.3, 0.4) is 0 Å². The second-order valence-electron chi connectivity index (χ2n) is 4.35. The topological polar surface area (TPSA) is 65.3 Å². The zero-order chi connectivity index (χ0) is 14.7. The molecule has 0 saturated carbocycles. The molecule has 0 spiro atoms. The highest BCUT2D eigenvalue weighted by Gasteiger charge is 2.17. The molecule has 0 unspecified atom stereocenters. The van der Waals surface area contributed by atoms with Gasteiger partial charge in [-0.15, -0.1) is 0 Å². The number of hydrogen-bond donors (Lipinski definition) is 0. The van der Waals surface area contributed by atoms with Crippen LogP contribution in [0.5, 0.6) is 5.88 Å². The summed E-state index contributed by atoms with van der Waals surface area (Å²) in [7, 11) is 0. The van der Waals surface area contributed by atoms with E-state index in [1.165, 1.54) is 6.07 Å². The van der Waals surface area contributed by atoms with Crippen molar-refractivity contribution in [1.82, 2.24) is 4.98 Å². The van der Waals surface area contributed by atoms with Gasteiger partial charge in [-0.1, -0.05) is 35.9 Å². The minimum absolute atomic E-state index is 0.113. The van der Waals surface area contributed by atoms with Crippen LogP contribution in [0.15, 0.2) is 30.3 Å². The molecule has 2 aromatic rings. The second kappa shape index (κ2) is 5.88. The lowest BCUT2D eigenvalue weighted by molar-refractivity contribution is -0.385. The molecule has 20 heavy (non-hydrogen) atoms. The first-order chi connectivity index (χ1) is 9.49. The molecule has 0 aliphatic rings. The Morgan fingerprint density at radius 2 is 2.05 bits per heavy atom. The highest BCUT2D eigenvalue weighted by Crippen LogP contribution is 2.29. The molecule has 0 atom stereocenters. The van der Waals surface area contributed by atoms with Crippen LogP contribution in [0.2, 0.25) is 5.02 Å². The number of aromatic nitrogens is 1. The molecular weight excluding hydrogens is 280 g/mol. The molecule has 0 amide bonds. The lowest BCUT2D eigenvalue weighted by atomic mass is 10.1. The van der Waals surface area contributed by atoms with Crippen LogP contribution < -0.4 is 4.74 Å². The van der Waals surface area contributed by atoms with Crippen LogP contribution in [-0.2, 0) is 6.61 Å². The number of rotatable bonds is 4. The molecule has 0 N–H and O–H groups in total. The number of aryl methyl sites for hydroxylation is 2. The number of nitro groups is 1. The molecule has 1 heterocycles. The Balaban J connectivity index is 2.21. The van der Waals surface area contributed by atoms with E-state index in [2.05, 4.69) is 4.98 Å². The highest BCUT2D eigenvalue weighted by molar-refractivity contribution is 6.32. The van der Waals surface area contributed by atoms with Crippen LogP contribution in [0, 0.1) is 24.0 Å². The molecule has 0 radical (unpaired) electrons. The third-order valence-corrected chi connectivity index (χ3v) is 3.20. The molecule has 0 bridgehead atoms. The summed E-state index contributed by atoms with van der Waals surface area (Å²) in [6.07, 6.45) is 0. The first kappa shape index (κ1) is 14.3. The van der Waals surface area contributed by atoms with Gasteiger partial charge in [-0.2, -0.15) is 0 Å². The first-order valence-corrected chi connectivity index (χ1v) is 6.35. The van der Waals surface area contributed by atoms with Crippen LogP contribution in [0.4, 0.5) is 5.69 Å². The van der Waals surface area contributed by atoms with Crippen LogP contribution in [-0.4, -0.2) is 9.91 Å². The molecule has 0 fully saturated rings. The maximum absolute atomic E-state index is 10.8. The summed E-state index contributed by atoms with van der Waals surface area (Å²) in [6.45, 7) is 3.85. The van der Waals surface area contributed by atoms with E-state index >= 15 is 0 Å². The van der Waals surface area contributed by atoms with Crippen molar-refractivity contribution in [1.29, 1.82) is 0 Å². The summed E-state index contributed by atoms with van der Waals surface area (Å²) in [5.41, 5.74) is 2.28. The summed E-state index contributed by atoms with van der Waals surface area (Å²) >= 11 is 5.96. The largest absolute Gasteiger partial charge is 0.472 e. The van der Waals surface area contributed by atoms with Gasteiger partial charge in [-0.05, 0) is 25.0 Å². The zero-order valence-corrected chi connectivity index (χ0v) is 11.8. The third kappa shape index (κ3) is 3.05. The maximum atomic E-state index is 10.8. The molecule has 0 aliphatic carbocycles. The average Bonchev–Trinajstić information content (AvgIpc) is 2.40. The van der Waals surface area contributed by atoms with E-state index in [0.717, 1.165) is 11.1 Å². The van der Waals surface area contributed by atoms with Gasteiger partial charge in [0.2, 0.25) is 5.88 Å². The van der Waals surface area contributed by atoms with E-state index in [1.54, 1.807) is 6.92 Å². The number of pyridine rings is 1. The number of hydrogen-bond acceptors (Lipinski definition) is 4. The summed E-state index contributed by atoms with van der Waals surface area (Å²) in [6, 6.07) is 9.05. The van der Waals surface area contributed by atoms with Crippen molar-refractivity contribution in [2.45, 2.75) is 20.5 Å². The average molecular weight is 293 g/mol. The van der Waals surface area contributed by atoms with Gasteiger partial charge in [0.1, 0.15) is 17.3 Å². The molecule has 1 aromatic heterocycles. The van der Waals surface area contributed by atoms with E-state index in [9.17, 15) is 10.1 Å². The fourth-order valence-corrected chi connectivity index (χ4v) is 1.95. The van der Waals surface area contributed by atoms with E-state index < -0.39 is 4.92 Å². The van der Waals surface area contributed by atoms with Gasteiger partial charge in [-0.3, -0.25) is 10.1 Å². The predicted octanol–water partition coefficient (Wildman–Crippen LogP) is 3.84. The SMILES string of the molecule is Cc1ccccc1COc1nc(C)c([N+](=O)[O-])cc1Cl. The van der Waals surface area contributed by atoms with Gasteiger partial charge in [0.05, 0.1) is 4.92 Å². The molecule has 2 rings (SSSR count). The minimum atomic E-state index is -0.515. The smallest absolute Gasteiger partial charge is 0.292 e. The van der Waals surface area contributed by atoms with E-state index in [0.29, 0.717) is 6.61 Å². The Bertz CT molecular complexity index is 659. The molecule has 6 heteroatoms. The summed E-state index contributed by atoms with van der Waals surface area (Å²) < 4.78 is 5.55. The van der Waals surface area contributed by atoms with Crippen molar-refractivity contribution in [2.24, 2.45) is 0 Å². The molecule has 1 aromatic carbocycles. The molecule has 5 nitrogen and oxygen atoms in total. The number of halogens is 1. The van der Waals surface area contributed by atoms with E-state index in [-0.39, 0.29) is 22.3 Å². The van der Waals surface area contributed by atoms with Gasteiger partial charge in [-0.25, -0.2) is 4.98 Å².